The van der Waals surface area contributed by atoms with Gasteiger partial charge >= 0.3 is 5.97 Å². The van der Waals surface area contributed by atoms with Crippen LogP contribution in [0.3, 0.4) is 0 Å². The monoisotopic (exact) mass is 295 g/mol. The molecule has 1 aromatic carbocycles. The van der Waals surface area contributed by atoms with Crippen molar-refractivity contribution in [2.45, 2.75) is 45.6 Å². The third kappa shape index (κ3) is 4.85. The number of hydrogen-bond donors (Lipinski definition) is 2. The molecule has 5 heteroatoms. The van der Waals surface area contributed by atoms with Crippen LogP contribution in [0.4, 0.5) is 4.39 Å². The van der Waals surface area contributed by atoms with E-state index >= 15 is 0 Å². The van der Waals surface area contributed by atoms with Crippen molar-refractivity contribution in [1.82, 2.24) is 5.32 Å². The summed E-state index contributed by atoms with van der Waals surface area (Å²) in [6.45, 7) is 5.07. The molecular weight excluding hydrogens is 273 g/mol. The van der Waals surface area contributed by atoms with E-state index in [4.69, 9.17) is 0 Å². The average Bonchev–Trinajstić information content (AvgIpc) is 2.38. The second kappa shape index (κ2) is 7.20. The molecule has 0 heterocycles. The Balaban J connectivity index is 2.72. The summed E-state index contributed by atoms with van der Waals surface area (Å²) in [6, 6.07) is 6.06. The van der Waals surface area contributed by atoms with E-state index in [2.05, 4.69) is 5.32 Å². The van der Waals surface area contributed by atoms with Gasteiger partial charge in [-0.25, -0.2) is 9.18 Å². The fraction of sp³-hybridized carbons (Fsp3) is 0.500. The van der Waals surface area contributed by atoms with Gasteiger partial charge in [0.25, 0.3) is 0 Å². The second-order valence-electron chi connectivity index (χ2n) is 5.61. The number of carboxylic acids is 1. The van der Waals surface area contributed by atoms with Crippen molar-refractivity contribution in [3.8, 4) is 0 Å². The zero-order chi connectivity index (χ0) is 16.0. The minimum Gasteiger partial charge on any atom is -0.480 e. The van der Waals surface area contributed by atoms with Crippen molar-refractivity contribution in [3.05, 3.63) is 35.6 Å². The van der Waals surface area contributed by atoms with E-state index in [0.29, 0.717) is 24.8 Å². The number of hydrogen-bond acceptors (Lipinski definition) is 2. The van der Waals surface area contributed by atoms with Gasteiger partial charge in [-0.3, -0.25) is 4.79 Å². The van der Waals surface area contributed by atoms with Crippen molar-refractivity contribution in [3.63, 3.8) is 0 Å². The second-order valence-corrected chi connectivity index (χ2v) is 5.61. The van der Waals surface area contributed by atoms with Gasteiger partial charge in [-0.15, -0.1) is 0 Å². The van der Waals surface area contributed by atoms with Crippen LogP contribution in [0.15, 0.2) is 24.3 Å². The van der Waals surface area contributed by atoms with Gasteiger partial charge in [-0.1, -0.05) is 32.4 Å². The number of halogens is 1. The van der Waals surface area contributed by atoms with E-state index in [1.54, 1.807) is 19.1 Å². The number of aliphatic carboxylic acids is 1. The maximum Gasteiger partial charge on any atom is 0.329 e. The van der Waals surface area contributed by atoms with Gasteiger partial charge < -0.3 is 10.4 Å². The molecule has 2 N–H and O–H groups in total. The Labute approximate surface area is 124 Å². The molecule has 1 aromatic rings. The zero-order valence-electron chi connectivity index (χ0n) is 12.6. The first kappa shape index (κ1) is 17.1. The van der Waals surface area contributed by atoms with E-state index in [-0.39, 0.29) is 11.7 Å². The first-order chi connectivity index (χ1) is 9.78. The standard InChI is InChI=1S/C16H22FNO3/c1-4-8-16(3,15(20)21)18-14(19)11(2)9-12-6-5-7-13(17)10-12/h5-7,10-11H,4,8-9H2,1-3H3,(H,18,19)(H,20,21). The van der Waals surface area contributed by atoms with Crippen LogP contribution in [0.2, 0.25) is 0 Å². The van der Waals surface area contributed by atoms with Crippen molar-refractivity contribution >= 4 is 11.9 Å². The third-order valence-electron chi connectivity index (χ3n) is 3.50. The van der Waals surface area contributed by atoms with Crippen LogP contribution in [0.1, 0.15) is 39.2 Å². The number of nitrogens with one attached hydrogen (secondary N) is 1. The number of amides is 1. The summed E-state index contributed by atoms with van der Waals surface area (Å²) < 4.78 is 13.1. The van der Waals surface area contributed by atoms with Crippen LogP contribution >= 0.6 is 0 Å². The fourth-order valence-corrected chi connectivity index (χ4v) is 2.23. The Morgan fingerprint density at radius 1 is 1.43 bits per heavy atom. The molecule has 1 rings (SSSR count). The number of benzene rings is 1. The summed E-state index contributed by atoms with van der Waals surface area (Å²) in [7, 11) is 0. The number of carbonyl (C=O) groups is 2. The maximum atomic E-state index is 13.1. The summed E-state index contributed by atoms with van der Waals surface area (Å²) in [4.78, 5) is 23.5. The Bertz CT molecular complexity index is 518. The van der Waals surface area contributed by atoms with E-state index in [1.165, 1.54) is 19.1 Å². The summed E-state index contributed by atoms with van der Waals surface area (Å²) in [5.41, 5.74) is -0.549. The van der Waals surface area contributed by atoms with E-state index in [9.17, 15) is 19.1 Å². The smallest absolute Gasteiger partial charge is 0.329 e. The highest BCUT2D eigenvalue weighted by molar-refractivity contribution is 5.87. The minimum atomic E-state index is -1.26. The topological polar surface area (TPSA) is 66.4 Å². The summed E-state index contributed by atoms with van der Waals surface area (Å²) in [5, 5.41) is 11.9. The van der Waals surface area contributed by atoms with Crippen LogP contribution in [-0.4, -0.2) is 22.5 Å². The Morgan fingerprint density at radius 3 is 2.62 bits per heavy atom. The van der Waals surface area contributed by atoms with Gasteiger partial charge in [-0.05, 0) is 37.5 Å². The lowest BCUT2D eigenvalue weighted by Gasteiger charge is -2.27. The largest absolute Gasteiger partial charge is 0.480 e. The Hall–Kier alpha value is -1.91. The van der Waals surface area contributed by atoms with Crippen LogP contribution in [0, 0.1) is 11.7 Å². The Morgan fingerprint density at radius 2 is 2.10 bits per heavy atom. The highest BCUT2D eigenvalue weighted by atomic mass is 19.1. The molecule has 116 valence electrons. The molecule has 0 bridgehead atoms. The third-order valence-corrected chi connectivity index (χ3v) is 3.50. The van der Waals surface area contributed by atoms with Crippen molar-refractivity contribution < 1.29 is 19.1 Å². The number of carboxylic acid groups (broad SMARTS) is 1. The van der Waals surface area contributed by atoms with Gasteiger partial charge in [0, 0.05) is 5.92 Å². The number of rotatable bonds is 7. The Kier molecular flexibility index (Phi) is 5.88. The molecule has 0 saturated heterocycles. The normalized spacial score (nSPS) is 15.0. The lowest BCUT2D eigenvalue weighted by atomic mass is 9.93. The molecule has 0 aliphatic carbocycles. The van der Waals surface area contributed by atoms with Gasteiger partial charge in [-0.2, -0.15) is 0 Å². The molecular formula is C16H22FNO3. The molecule has 0 aromatic heterocycles. The lowest BCUT2D eigenvalue weighted by Crippen LogP contribution is -2.53. The van der Waals surface area contributed by atoms with Crippen molar-refractivity contribution in [2.24, 2.45) is 5.92 Å². The van der Waals surface area contributed by atoms with Gasteiger partial charge in [0.2, 0.25) is 5.91 Å². The molecule has 2 atom stereocenters. The molecule has 0 radical (unpaired) electrons. The van der Waals surface area contributed by atoms with E-state index in [1.807, 2.05) is 6.92 Å². The first-order valence-electron chi connectivity index (χ1n) is 7.08. The summed E-state index contributed by atoms with van der Waals surface area (Å²) >= 11 is 0. The van der Waals surface area contributed by atoms with Crippen LogP contribution in [0.5, 0.6) is 0 Å². The molecule has 4 nitrogen and oxygen atoms in total. The molecule has 0 aliphatic heterocycles. The predicted molar refractivity (Wildman–Crippen MR) is 78.4 cm³/mol. The molecule has 0 fully saturated rings. The van der Waals surface area contributed by atoms with E-state index in [0.717, 1.165) is 0 Å². The molecule has 0 aliphatic rings. The van der Waals surface area contributed by atoms with E-state index < -0.39 is 17.4 Å². The van der Waals surface area contributed by atoms with Gasteiger partial charge in [0.1, 0.15) is 11.4 Å². The highest BCUT2D eigenvalue weighted by Gasteiger charge is 2.34. The van der Waals surface area contributed by atoms with Crippen LogP contribution < -0.4 is 5.32 Å². The molecule has 2 unspecified atom stereocenters. The predicted octanol–water partition coefficient (Wildman–Crippen LogP) is 2.76. The molecule has 21 heavy (non-hydrogen) atoms. The lowest BCUT2D eigenvalue weighted by molar-refractivity contribution is -0.147. The summed E-state index contributed by atoms with van der Waals surface area (Å²) in [6.07, 6.45) is 1.38. The quantitative estimate of drug-likeness (QED) is 0.813. The number of carbonyl (C=O) groups excluding carboxylic acids is 1. The fourth-order valence-electron chi connectivity index (χ4n) is 2.23. The zero-order valence-corrected chi connectivity index (χ0v) is 12.6. The minimum absolute atomic E-state index is 0.336. The molecule has 1 amide bonds. The van der Waals surface area contributed by atoms with Gasteiger partial charge in [0.05, 0.1) is 0 Å². The van der Waals surface area contributed by atoms with Crippen molar-refractivity contribution in [2.75, 3.05) is 0 Å². The van der Waals surface area contributed by atoms with Crippen LogP contribution in [-0.2, 0) is 16.0 Å². The average molecular weight is 295 g/mol. The SMILES string of the molecule is CCCC(C)(NC(=O)C(C)Cc1cccc(F)c1)C(=O)O. The van der Waals surface area contributed by atoms with Crippen LogP contribution in [0.25, 0.3) is 0 Å². The van der Waals surface area contributed by atoms with Gasteiger partial charge in [0.15, 0.2) is 0 Å². The highest BCUT2D eigenvalue weighted by Crippen LogP contribution is 2.16. The first-order valence-corrected chi connectivity index (χ1v) is 7.08. The van der Waals surface area contributed by atoms with Crippen molar-refractivity contribution in [1.29, 1.82) is 0 Å². The maximum absolute atomic E-state index is 13.1. The molecule has 0 saturated carbocycles. The summed E-state index contributed by atoms with van der Waals surface area (Å²) in [5.74, 6) is -2.16. The molecule has 0 spiro atoms.